The van der Waals surface area contributed by atoms with E-state index in [1.165, 1.54) is 6.42 Å². The summed E-state index contributed by atoms with van der Waals surface area (Å²) in [5.74, 6) is 0.609. The topological polar surface area (TPSA) is 64.7 Å². The molecule has 0 radical (unpaired) electrons. The number of hydrazine groups is 1. The number of nitrogens with one attached hydrogen (secondary N) is 2. The summed E-state index contributed by atoms with van der Waals surface area (Å²) in [5, 5.41) is 5.29. The molecule has 0 saturated carbocycles. The van der Waals surface area contributed by atoms with Gasteiger partial charge in [-0.3, -0.25) is 0 Å². The minimum absolute atomic E-state index is 0.609. The van der Waals surface area contributed by atoms with E-state index in [4.69, 9.17) is 0 Å². The molecule has 0 unspecified atom stereocenters. The molecule has 2 rings (SSSR count). The normalized spacial score (nSPS) is 23.5. The van der Waals surface area contributed by atoms with Gasteiger partial charge in [0.15, 0.2) is 0 Å². The van der Waals surface area contributed by atoms with Crippen LogP contribution >= 0.6 is 0 Å². The summed E-state index contributed by atoms with van der Waals surface area (Å²) >= 11 is 0. The molecule has 2 fully saturated rings. The molecule has 0 amide bonds. The second-order valence-corrected chi connectivity index (χ2v) is 7.84. The van der Waals surface area contributed by atoms with E-state index in [0.29, 0.717) is 19.0 Å². The van der Waals surface area contributed by atoms with E-state index in [1.54, 1.807) is 4.31 Å². The largest absolute Gasteiger partial charge is 0.316 e. The summed E-state index contributed by atoms with van der Waals surface area (Å²) in [6, 6.07) is 0. The molecule has 2 aliphatic heterocycles. The van der Waals surface area contributed by atoms with Crippen LogP contribution in [0.1, 0.15) is 45.4 Å². The first kappa shape index (κ1) is 17.1. The smallest absolute Gasteiger partial charge is 0.292 e. The highest BCUT2D eigenvalue weighted by Crippen LogP contribution is 2.19. The van der Waals surface area contributed by atoms with Crippen molar-refractivity contribution in [3.63, 3.8) is 0 Å². The van der Waals surface area contributed by atoms with Crippen molar-refractivity contribution in [2.45, 2.75) is 45.4 Å². The van der Waals surface area contributed by atoms with Crippen molar-refractivity contribution in [3.8, 4) is 0 Å². The Morgan fingerprint density at radius 2 is 1.71 bits per heavy atom. The van der Waals surface area contributed by atoms with Gasteiger partial charge in [0, 0.05) is 26.2 Å². The zero-order valence-electron chi connectivity index (χ0n) is 13.2. The van der Waals surface area contributed by atoms with Crippen LogP contribution < -0.4 is 10.1 Å². The maximum absolute atomic E-state index is 12.4. The minimum atomic E-state index is -3.34. The molecule has 0 aliphatic carbocycles. The minimum Gasteiger partial charge on any atom is -0.316 e. The quantitative estimate of drug-likeness (QED) is 0.686. The SMILES string of the molecule is CCCNCC1CCN(S(=O)(=O)NN2CCCCC2)CC1. The molecular formula is C14H30N4O2S. The molecule has 2 N–H and O–H groups in total. The van der Waals surface area contributed by atoms with E-state index in [0.717, 1.165) is 58.3 Å². The molecule has 7 heteroatoms. The fourth-order valence-corrected chi connectivity index (χ4v) is 4.36. The van der Waals surface area contributed by atoms with Gasteiger partial charge in [0.25, 0.3) is 10.2 Å². The number of rotatable bonds is 7. The molecule has 124 valence electrons. The highest BCUT2D eigenvalue weighted by Gasteiger charge is 2.29. The van der Waals surface area contributed by atoms with Crippen molar-refractivity contribution in [3.05, 3.63) is 0 Å². The fraction of sp³-hybridized carbons (Fsp3) is 1.00. The lowest BCUT2D eigenvalue weighted by molar-refractivity contribution is 0.186. The third kappa shape index (κ3) is 5.49. The van der Waals surface area contributed by atoms with Gasteiger partial charge in [-0.2, -0.15) is 12.7 Å². The van der Waals surface area contributed by atoms with Crippen molar-refractivity contribution in [2.24, 2.45) is 5.92 Å². The highest BCUT2D eigenvalue weighted by molar-refractivity contribution is 7.87. The van der Waals surface area contributed by atoms with Crippen LogP contribution in [0.4, 0.5) is 0 Å². The summed E-state index contributed by atoms with van der Waals surface area (Å²) < 4.78 is 26.4. The van der Waals surface area contributed by atoms with Crippen molar-refractivity contribution < 1.29 is 8.42 Å². The summed E-state index contributed by atoms with van der Waals surface area (Å²) in [4.78, 5) is 2.75. The second kappa shape index (κ2) is 8.43. The molecule has 2 heterocycles. The van der Waals surface area contributed by atoms with E-state index < -0.39 is 10.2 Å². The predicted molar refractivity (Wildman–Crippen MR) is 84.9 cm³/mol. The van der Waals surface area contributed by atoms with Gasteiger partial charge in [-0.1, -0.05) is 13.3 Å². The van der Waals surface area contributed by atoms with Gasteiger partial charge < -0.3 is 5.32 Å². The number of hydrogen-bond donors (Lipinski definition) is 2. The average Bonchev–Trinajstić information content (AvgIpc) is 2.49. The van der Waals surface area contributed by atoms with E-state index in [-0.39, 0.29) is 0 Å². The van der Waals surface area contributed by atoms with Gasteiger partial charge in [-0.25, -0.2) is 5.01 Å². The van der Waals surface area contributed by atoms with E-state index in [9.17, 15) is 8.42 Å². The average molecular weight is 318 g/mol. The summed E-state index contributed by atoms with van der Waals surface area (Å²) in [6.45, 7) is 7.17. The second-order valence-electron chi connectivity index (χ2n) is 6.19. The molecule has 0 aromatic carbocycles. The Hall–Kier alpha value is -0.210. The van der Waals surface area contributed by atoms with E-state index >= 15 is 0 Å². The Bertz CT molecular complexity index is 388. The Labute approximate surface area is 129 Å². The predicted octanol–water partition coefficient (Wildman–Crippen LogP) is 0.933. The molecular weight excluding hydrogens is 288 g/mol. The lowest BCUT2D eigenvalue weighted by Crippen LogP contribution is -2.53. The van der Waals surface area contributed by atoms with Crippen molar-refractivity contribution in [2.75, 3.05) is 39.3 Å². The maximum Gasteiger partial charge on any atom is 0.292 e. The third-order valence-electron chi connectivity index (χ3n) is 4.37. The Balaban J connectivity index is 1.74. The van der Waals surface area contributed by atoms with Gasteiger partial charge in [0.1, 0.15) is 0 Å². The van der Waals surface area contributed by atoms with Crippen molar-refractivity contribution in [1.29, 1.82) is 0 Å². The molecule has 6 nitrogen and oxygen atoms in total. The van der Waals surface area contributed by atoms with Crippen molar-refractivity contribution >= 4 is 10.2 Å². The molecule has 2 saturated heterocycles. The Morgan fingerprint density at radius 1 is 1.05 bits per heavy atom. The van der Waals surface area contributed by atoms with Gasteiger partial charge in [-0.15, -0.1) is 4.83 Å². The number of nitrogens with zero attached hydrogens (tertiary/aromatic N) is 2. The molecule has 21 heavy (non-hydrogen) atoms. The van der Waals surface area contributed by atoms with Gasteiger partial charge >= 0.3 is 0 Å². The van der Waals surface area contributed by atoms with Crippen LogP contribution in [-0.2, 0) is 10.2 Å². The molecule has 0 bridgehead atoms. The molecule has 0 spiro atoms. The lowest BCUT2D eigenvalue weighted by atomic mass is 9.98. The van der Waals surface area contributed by atoms with Gasteiger partial charge in [-0.05, 0) is 51.1 Å². The standard InChI is InChI=1S/C14H30N4O2S/c1-2-8-15-13-14-6-11-18(12-7-14)21(19,20)16-17-9-4-3-5-10-17/h14-16H,2-13H2,1H3. The highest BCUT2D eigenvalue weighted by atomic mass is 32.2. The van der Waals surface area contributed by atoms with Crippen LogP contribution in [0.2, 0.25) is 0 Å². The van der Waals surface area contributed by atoms with Crippen LogP contribution in [0.15, 0.2) is 0 Å². The van der Waals surface area contributed by atoms with Crippen LogP contribution in [0, 0.1) is 5.92 Å². The first-order valence-corrected chi connectivity index (χ1v) is 9.79. The Morgan fingerprint density at radius 3 is 2.33 bits per heavy atom. The molecule has 0 aromatic heterocycles. The lowest BCUT2D eigenvalue weighted by Gasteiger charge is -2.34. The monoisotopic (exact) mass is 318 g/mol. The summed E-state index contributed by atoms with van der Waals surface area (Å²) in [7, 11) is -3.34. The first-order valence-electron chi connectivity index (χ1n) is 8.35. The first-order chi connectivity index (χ1) is 10.1. The zero-order chi connectivity index (χ0) is 15.1. The van der Waals surface area contributed by atoms with Crippen LogP contribution in [-0.4, -0.2) is 57.0 Å². The van der Waals surface area contributed by atoms with E-state index in [2.05, 4.69) is 17.1 Å². The number of piperidine rings is 2. The van der Waals surface area contributed by atoms with Gasteiger partial charge in [0.2, 0.25) is 0 Å². The zero-order valence-corrected chi connectivity index (χ0v) is 14.0. The van der Waals surface area contributed by atoms with Crippen LogP contribution in [0.5, 0.6) is 0 Å². The molecule has 0 aromatic rings. The maximum atomic E-state index is 12.4. The van der Waals surface area contributed by atoms with Crippen LogP contribution in [0.3, 0.4) is 0 Å². The van der Waals surface area contributed by atoms with Gasteiger partial charge in [0.05, 0.1) is 0 Å². The third-order valence-corrected chi connectivity index (χ3v) is 5.91. The van der Waals surface area contributed by atoms with Crippen LogP contribution in [0.25, 0.3) is 0 Å². The summed E-state index contributed by atoms with van der Waals surface area (Å²) in [6.07, 6.45) is 6.41. The van der Waals surface area contributed by atoms with E-state index in [1.807, 2.05) is 5.01 Å². The number of hydrogen-bond acceptors (Lipinski definition) is 4. The molecule has 0 atom stereocenters. The fourth-order valence-electron chi connectivity index (χ4n) is 3.04. The summed E-state index contributed by atoms with van der Waals surface area (Å²) in [5.41, 5.74) is 0. The molecule has 2 aliphatic rings. The van der Waals surface area contributed by atoms with Crippen molar-refractivity contribution in [1.82, 2.24) is 19.5 Å². The Kier molecular flexibility index (Phi) is 6.88.